The molecule has 0 atom stereocenters. The SMILES string of the molecule is C=C(CC)C(=O)OCCCc1cc(-c2ccc(C3CCC(CCCCC)CC3)cc2F)ccc1CCO. The highest BCUT2D eigenvalue weighted by Gasteiger charge is 2.23. The molecule has 202 valence electrons. The topological polar surface area (TPSA) is 46.5 Å². The van der Waals surface area contributed by atoms with E-state index in [2.05, 4.69) is 19.6 Å². The van der Waals surface area contributed by atoms with E-state index in [-0.39, 0.29) is 18.4 Å². The summed E-state index contributed by atoms with van der Waals surface area (Å²) in [6.07, 6.45) is 12.6. The Morgan fingerprint density at radius 1 is 1.00 bits per heavy atom. The van der Waals surface area contributed by atoms with Gasteiger partial charge in [0.15, 0.2) is 0 Å². The highest BCUT2D eigenvalue weighted by atomic mass is 19.1. The van der Waals surface area contributed by atoms with Crippen molar-refractivity contribution in [3.05, 3.63) is 71.1 Å². The van der Waals surface area contributed by atoms with Gasteiger partial charge in [-0.1, -0.05) is 76.4 Å². The second-order valence-corrected chi connectivity index (χ2v) is 10.6. The van der Waals surface area contributed by atoms with E-state index < -0.39 is 0 Å². The van der Waals surface area contributed by atoms with Crippen LogP contribution in [0.15, 0.2) is 48.6 Å². The molecule has 0 aromatic heterocycles. The number of hydrogen-bond acceptors (Lipinski definition) is 3. The molecule has 0 saturated heterocycles. The average molecular weight is 509 g/mol. The minimum atomic E-state index is -0.348. The van der Waals surface area contributed by atoms with Crippen molar-refractivity contribution in [3.63, 3.8) is 0 Å². The third-order valence-electron chi connectivity index (χ3n) is 7.96. The van der Waals surface area contributed by atoms with Gasteiger partial charge in [0.2, 0.25) is 0 Å². The lowest BCUT2D eigenvalue weighted by molar-refractivity contribution is -0.139. The van der Waals surface area contributed by atoms with E-state index in [0.717, 1.165) is 41.0 Å². The number of esters is 1. The molecule has 0 bridgehead atoms. The summed E-state index contributed by atoms with van der Waals surface area (Å²) in [5, 5.41) is 9.49. The maximum atomic E-state index is 15.4. The van der Waals surface area contributed by atoms with Gasteiger partial charge in [-0.3, -0.25) is 0 Å². The van der Waals surface area contributed by atoms with Crippen LogP contribution in [0, 0.1) is 11.7 Å². The van der Waals surface area contributed by atoms with E-state index in [1.165, 1.54) is 38.5 Å². The van der Waals surface area contributed by atoms with Crippen LogP contribution in [-0.4, -0.2) is 24.3 Å². The zero-order valence-corrected chi connectivity index (χ0v) is 22.9. The van der Waals surface area contributed by atoms with Crippen molar-refractivity contribution in [2.45, 2.75) is 96.8 Å². The van der Waals surface area contributed by atoms with Gasteiger partial charge in [0.25, 0.3) is 0 Å². The first-order chi connectivity index (χ1) is 18.0. The first kappa shape index (κ1) is 29.1. The fraction of sp³-hybridized carbons (Fsp3) is 0.545. The van der Waals surface area contributed by atoms with Gasteiger partial charge in [-0.25, -0.2) is 9.18 Å². The Labute approximate surface area is 223 Å². The lowest BCUT2D eigenvalue weighted by Gasteiger charge is -2.29. The number of carbonyl (C=O) groups is 1. The molecule has 3 nitrogen and oxygen atoms in total. The normalized spacial score (nSPS) is 17.5. The van der Waals surface area contributed by atoms with Crippen molar-refractivity contribution in [2.75, 3.05) is 13.2 Å². The van der Waals surface area contributed by atoms with E-state index in [9.17, 15) is 9.90 Å². The zero-order chi connectivity index (χ0) is 26.6. The predicted octanol–water partition coefficient (Wildman–Crippen LogP) is 8.32. The molecular formula is C33H45FO3. The summed E-state index contributed by atoms with van der Waals surface area (Å²) in [5.41, 5.74) is 5.16. The molecule has 1 fully saturated rings. The molecule has 4 heteroatoms. The number of ether oxygens (including phenoxy) is 1. The third kappa shape index (κ3) is 8.53. The average Bonchev–Trinajstić information content (AvgIpc) is 2.92. The zero-order valence-electron chi connectivity index (χ0n) is 22.9. The van der Waals surface area contributed by atoms with Crippen molar-refractivity contribution in [2.24, 2.45) is 5.92 Å². The first-order valence-electron chi connectivity index (χ1n) is 14.3. The minimum absolute atomic E-state index is 0.0571. The summed E-state index contributed by atoms with van der Waals surface area (Å²) < 4.78 is 20.7. The standard InChI is InChI=1S/C33H45FO3/c1-4-6-7-9-25-11-13-26(14-12-25)29-17-18-31(32(34)23-29)30-16-15-27(19-20-35)28(22-30)10-8-21-37-33(36)24(3)5-2/h15-18,22-23,25-26,35H,3-14,19-21H2,1-2H3. The molecule has 1 saturated carbocycles. The largest absolute Gasteiger partial charge is 0.462 e. The Kier molecular flexibility index (Phi) is 11.9. The quantitative estimate of drug-likeness (QED) is 0.158. The molecule has 0 radical (unpaired) electrons. The second-order valence-electron chi connectivity index (χ2n) is 10.6. The summed E-state index contributed by atoms with van der Waals surface area (Å²) >= 11 is 0. The second kappa shape index (κ2) is 15.1. The van der Waals surface area contributed by atoms with Gasteiger partial charge < -0.3 is 9.84 Å². The Balaban J connectivity index is 1.65. The van der Waals surface area contributed by atoms with Crippen LogP contribution in [0.4, 0.5) is 4.39 Å². The van der Waals surface area contributed by atoms with Crippen LogP contribution in [-0.2, 0) is 22.4 Å². The summed E-state index contributed by atoms with van der Waals surface area (Å²) in [4.78, 5) is 11.8. The molecule has 0 spiro atoms. The summed E-state index contributed by atoms with van der Waals surface area (Å²) in [6, 6.07) is 11.7. The molecular weight excluding hydrogens is 463 g/mol. The number of carbonyl (C=O) groups excluding carboxylic acids is 1. The van der Waals surface area contributed by atoms with Crippen molar-refractivity contribution in [3.8, 4) is 11.1 Å². The van der Waals surface area contributed by atoms with Crippen LogP contribution in [0.5, 0.6) is 0 Å². The lowest BCUT2D eigenvalue weighted by Crippen LogP contribution is -2.13. The van der Waals surface area contributed by atoms with Crippen molar-refractivity contribution in [1.82, 2.24) is 0 Å². The molecule has 2 aromatic rings. The van der Waals surface area contributed by atoms with E-state index in [0.29, 0.717) is 49.3 Å². The Morgan fingerprint density at radius 3 is 2.46 bits per heavy atom. The van der Waals surface area contributed by atoms with E-state index in [1.54, 1.807) is 6.07 Å². The van der Waals surface area contributed by atoms with Gasteiger partial charge in [0, 0.05) is 17.7 Å². The van der Waals surface area contributed by atoms with Gasteiger partial charge in [-0.2, -0.15) is 0 Å². The maximum absolute atomic E-state index is 15.4. The maximum Gasteiger partial charge on any atom is 0.333 e. The number of aliphatic hydroxyl groups excluding tert-OH is 1. The summed E-state index contributed by atoms with van der Waals surface area (Å²) in [7, 11) is 0. The van der Waals surface area contributed by atoms with E-state index in [1.807, 2.05) is 31.2 Å². The van der Waals surface area contributed by atoms with Gasteiger partial charge in [0.05, 0.1) is 6.61 Å². The number of aliphatic hydroxyl groups is 1. The molecule has 0 amide bonds. The Morgan fingerprint density at radius 2 is 1.78 bits per heavy atom. The van der Waals surface area contributed by atoms with Crippen LogP contribution >= 0.6 is 0 Å². The molecule has 0 aliphatic heterocycles. The van der Waals surface area contributed by atoms with Gasteiger partial charge >= 0.3 is 5.97 Å². The molecule has 1 aliphatic carbocycles. The Hall–Kier alpha value is -2.46. The highest BCUT2D eigenvalue weighted by molar-refractivity contribution is 5.87. The van der Waals surface area contributed by atoms with Crippen molar-refractivity contribution in [1.29, 1.82) is 0 Å². The fourth-order valence-corrected chi connectivity index (χ4v) is 5.55. The first-order valence-corrected chi connectivity index (χ1v) is 14.3. The number of benzene rings is 2. The number of unbranched alkanes of at least 4 members (excludes halogenated alkanes) is 2. The molecule has 1 N–H and O–H groups in total. The highest BCUT2D eigenvalue weighted by Crippen LogP contribution is 2.39. The Bertz CT molecular complexity index is 1020. The number of hydrogen-bond donors (Lipinski definition) is 1. The molecule has 0 heterocycles. The van der Waals surface area contributed by atoms with Crippen LogP contribution in [0.25, 0.3) is 11.1 Å². The van der Waals surface area contributed by atoms with Gasteiger partial charge in [-0.15, -0.1) is 0 Å². The number of halogens is 1. The van der Waals surface area contributed by atoms with E-state index in [4.69, 9.17) is 4.74 Å². The van der Waals surface area contributed by atoms with Crippen LogP contribution < -0.4 is 0 Å². The predicted molar refractivity (Wildman–Crippen MR) is 150 cm³/mol. The summed E-state index contributed by atoms with van der Waals surface area (Å²) in [5.74, 6) is 0.783. The lowest BCUT2D eigenvalue weighted by atomic mass is 9.77. The van der Waals surface area contributed by atoms with Crippen LogP contribution in [0.3, 0.4) is 0 Å². The van der Waals surface area contributed by atoms with Crippen molar-refractivity contribution >= 4 is 5.97 Å². The number of rotatable bonds is 14. The monoisotopic (exact) mass is 508 g/mol. The molecule has 2 aromatic carbocycles. The minimum Gasteiger partial charge on any atom is -0.462 e. The molecule has 3 rings (SSSR count). The molecule has 0 unspecified atom stereocenters. The van der Waals surface area contributed by atoms with Crippen LogP contribution in [0.1, 0.15) is 101 Å². The third-order valence-corrected chi connectivity index (χ3v) is 7.96. The fourth-order valence-electron chi connectivity index (χ4n) is 5.55. The van der Waals surface area contributed by atoms with Gasteiger partial charge in [0.1, 0.15) is 5.82 Å². The molecule has 37 heavy (non-hydrogen) atoms. The van der Waals surface area contributed by atoms with E-state index >= 15 is 4.39 Å². The smallest absolute Gasteiger partial charge is 0.333 e. The van der Waals surface area contributed by atoms with Crippen molar-refractivity contribution < 1.29 is 19.0 Å². The number of aryl methyl sites for hydroxylation is 1. The van der Waals surface area contributed by atoms with Crippen LogP contribution in [0.2, 0.25) is 0 Å². The summed E-state index contributed by atoms with van der Waals surface area (Å²) in [6.45, 7) is 8.22. The molecule has 1 aliphatic rings. The van der Waals surface area contributed by atoms with Gasteiger partial charge in [-0.05, 0) is 91.5 Å².